The Morgan fingerprint density at radius 3 is 2.67 bits per heavy atom. The SMILES string of the molecule is C#CCCC(=O)[C@H]1CCN(C(=O)OC(C)(C)C)C1. The van der Waals surface area contributed by atoms with Gasteiger partial charge in [-0.05, 0) is 27.2 Å². The van der Waals surface area contributed by atoms with Crippen molar-refractivity contribution in [3.05, 3.63) is 0 Å². The van der Waals surface area contributed by atoms with E-state index in [-0.39, 0.29) is 17.8 Å². The standard InChI is InChI=1S/C14H21NO3/c1-5-6-7-12(16)11-8-9-15(10-11)13(17)18-14(2,3)4/h1,11H,6-10H2,2-4H3/t11-/m0/s1. The third-order valence-electron chi connectivity index (χ3n) is 2.81. The Hall–Kier alpha value is -1.50. The van der Waals surface area contributed by atoms with Crippen LogP contribution < -0.4 is 0 Å². The highest BCUT2D eigenvalue weighted by Crippen LogP contribution is 2.21. The predicted octanol–water partition coefficient (Wildman–Crippen LogP) is 2.23. The third kappa shape index (κ3) is 4.40. The van der Waals surface area contributed by atoms with Crippen LogP contribution in [0.4, 0.5) is 4.79 Å². The van der Waals surface area contributed by atoms with Gasteiger partial charge in [-0.25, -0.2) is 4.79 Å². The van der Waals surface area contributed by atoms with Crippen molar-refractivity contribution in [3.63, 3.8) is 0 Å². The van der Waals surface area contributed by atoms with E-state index in [4.69, 9.17) is 11.2 Å². The molecule has 0 bridgehead atoms. The molecule has 100 valence electrons. The molecule has 0 aromatic rings. The van der Waals surface area contributed by atoms with Gasteiger partial charge in [-0.2, -0.15) is 0 Å². The van der Waals surface area contributed by atoms with Gasteiger partial charge in [0.05, 0.1) is 0 Å². The van der Waals surface area contributed by atoms with E-state index in [0.29, 0.717) is 32.4 Å². The Balaban J connectivity index is 2.44. The van der Waals surface area contributed by atoms with Crippen LogP contribution in [0.15, 0.2) is 0 Å². The predicted molar refractivity (Wildman–Crippen MR) is 69.0 cm³/mol. The molecule has 1 aliphatic heterocycles. The first-order chi connectivity index (χ1) is 8.33. The second-order valence-corrected chi connectivity index (χ2v) is 5.58. The number of amides is 1. The van der Waals surface area contributed by atoms with Gasteiger partial charge in [0, 0.05) is 31.8 Å². The maximum Gasteiger partial charge on any atom is 0.410 e. The Labute approximate surface area is 109 Å². The molecule has 0 aliphatic carbocycles. The van der Waals surface area contributed by atoms with E-state index in [1.165, 1.54) is 0 Å². The first-order valence-electron chi connectivity index (χ1n) is 6.27. The zero-order chi connectivity index (χ0) is 13.8. The fourth-order valence-electron chi connectivity index (χ4n) is 1.91. The quantitative estimate of drug-likeness (QED) is 0.723. The number of Topliss-reactive ketones (excluding diaryl/α,β-unsaturated/α-hetero) is 1. The van der Waals surface area contributed by atoms with E-state index >= 15 is 0 Å². The molecule has 4 nitrogen and oxygen atoms in total. The van der Waals surface area contributed by atoms with Crippen LogP contribution in [0, 0.1) is 18.3 Å². The van der Waals surface area contributed by atoms with Crippen molar-refractivity contribution in [2.24, 2.45) is 5.92 Å². The zero-order valence-corrected chi connectivity index (χ0v) is 11.4. The van der Waals surface area contributed by atoms with E-state index in [1.54, 1.807) is 4.90 Å². The number of nitrogens with zero attached hydrogens (tertiary/aromatic N) is 1. The van der Waals surface area contributed by atoms with Crippen LogP contribution in [0.2, 0.25) is 0 Å². The number of rotatable bonds is 3. The lowest BCUT2D eigenvalue weighted by Crippen LogP contribution is -2.35. The fraction of sp³-hybridized carbons (Fsp3) is 0.714. The van der Waals surface area contributed by atoms with E-state index in [0.717, 1.165) is 0 Å². The molecule has 1 heterocycles. The zero-order valence-electron chi connectivity index (χ0n) is 11.4. The van der Waals surface area contributed by atoms with E-state index in [9.17, 15) is 9.59 Å². The molecule has 0 unspecified atom stereocenters. The fourth-order valence-corrected chi connectivity index (χ4v) is 1.91. The average Bonchev–Trinajstić information content (AvgIpc) is 2.72. The molecule has 0 spiro atoms. The molecule has 0 N–H and O–H groups in total. The number of hydrogen-bond acceptors (Lipinski definition) is 3. The summed E-state index contributed by atoms with van der Waals surface area (Å²) in [6.07, 6.45) is 6.39. The van der Waals surface area contributed by atoms with Crippen molar-refractivity contribution in [3.8, 4) is 12.3 Å². The number of terminal acetylenes is 1. The topological polar surface area (TPSA) is 46.6 Å². The van der Waals surface area contributed by atoms with Gasteiger partial charge in [0.2, 0.25) is 0 Å². The molecule has 1 atom stereocenters. The highest BCUT2D eigenvalue weighted by Gasteiger charge is 2.32. The highest BCUT2D eigenvalue weighted by atomic mass is 16.6. The van der Waals surface area contributed by atoms with Gasteiger partial charge in [0.25, 0.3) is 0 Å². The first-order valence-corrected chi connectivity index (χ1v) is 6.27. The average molecular weight is 251 g/mol. The van der Waals surface area contributed by atoms with Crippen molar-refractivity contribution in [1.29, 1.82) is 0 Å². The van der Waals surface area contributed by atoms with Crippen molar-refractivity contribution < 1.29 is 14.3 Å². The van der Waals surface area contributed by atoms with Gasteiger partial charge >= 0.3 is 6.09 Å². The summed E-state index contributed by atoms with van der Waals surface area (Å²) in [6.45, 7) is 6.53. The Morgan fingerprint density at radius 2 is 2.11 bits per heavy atom. The third-order valence-corrected chi connectivity index (χ3v) is 2.81. The number of carbonyl (C=O) groups is 2. The van der Waals surface area contributed by atoms with Gasteiger partial charge in [0.15, 0.2) is 0 Å². The van der Waals surface area contributed by atoms with Crippen LogP contribution in [-0.4, -0.2) is 35.5 Å². The lowest BCUT2D eigenvalue weighted by Gasteiger charge is -2.24. The van der Waals surface area contributed by atoms with Crippen LogP contribution in [0.25, 0.3) is 0 Å². The molecule has 4 heteroatoms. The lowest BCUT2D eigenvalue weighted by atomic mass is 10.00. The smallest absolute Gasteiger partial charge is 0.410 e. The van der Waals surface area contributed by atoms with Gasteiger partial charge in [-0.15, -0.1) is 12.3 Å². The van der Waals surface area contributed by atoms with Gasteiger partial charge in [-0.1, -0.05) is 0 Å². The lowest BCUT2D eigenvalue weighted by molar-refractivity contribution is -0.122. The minimum atomic E-state index is -0.497. The van der Waals surface area contributed by atoms with Crippen LogP contribution in [-0.2, 0) is 9.53 Å². The van der Waals surface area contributed by atoms with E-state index in [2.05, 4.69) is 5.92 Å². The molecule has 0 aromatic heterocycles. The van der Waals surface area contributed by atoms with Crippen molar-refractivity contribution in [2.45, 2.75) is 45.6 Å². The van der Waals surface area contributed by atoms with Crippen LogP contribution in [0.1, 0.15) is 40.0 Å². The number of likely N-dealkylation sites (tertiary alicyclic amines) is 1. The normalized spacial score (nSPS) is 19.4. The molecule has 1 fully saturated rings. The Bertz CT molecular complexity index is 362. The minimum Gasteiger partial charge on any atom is -0.444 e. The summed E-state index contributed by atoms with van der Waals surface area (Å²) in [7, 11) is 0. The molecule has 0 aromatic carbocycles. The molecule has 0 radical (unpaired) electrons. The van der Waals surface area contributed by atoms with E-state index in [1.807, 2.05) is 20.8 Å². The summed E-state index contributed by atoms with van der Waals surface area (Å²) in [6, 6.07) is 0. The number of ketones is 1. The molecule has 0 saturated carbocycles. The Morgan fingerprint density at radius 1 is 1.44 bits per heavy atom. The number of hydrogen-bond donors (Lipinski definition) is 0. The monoisotopic (exact) mass is 251 g/mol. The molecule has 1 rings (SSSR count). The number of carbonyl (C=O) groups excluding carboxylic acids is 2. The van der Waals surface area contributed by atoms with Gasteiger partial charge in [0.1, 0.15) is 11.4 Å². The van der Waals surface area contributed by atoms with Crippen molar-refractivity contribution >= 4 is 11.9 Å². The highest BCUT2D eigenvalue weighted by molar-refractivity contribution is 5.82. The summed E-state index contributed by atoms with van der Waals surface area (Å²) in [5.41, 5.74) is -0.497. The summed E-state index contributed by atoms with van der Waals surface area (Å²) in [4.78, 5) is 25.2. The number of ether oxygens (including phenoxy) is 1. The second-order valence-electron chi connectivity index (χ2n) is 5.58. The molecule has 18 heavy (non-hydrogen) atoms. The molecule has 1 saturated heterocycles. The maximum absolute atomic E-state index is 11.8. The summed E-state index contributed by atoms with van der Waals surface area (Å²) in [5.74, 6) is 2.54. The van der Waals surface area contributed by atoms with Crippen molar-refractivity contribution in [1.82, 2.24) is 4.90 Å². The molecular formula is C14H21NO3. The molecular weight excluding hydrogens is 230 g/mol. The first kappa shape index (κ1) is 14.6. The minimum absolute atomic E-state index is 0.0779. The summed E-state index contributed by atoms with van der Waals surface area (Å²) in [5, 5.41) is 0. The summed E-state index contributed by atoms with van der Waals surface area (Å²) >= 11 is 0. The summed E-state index contributed by atoms with van der Waals surface area (Å²) < 4.78 is 5.27. The maximum atomic E-state index is 11.8. The molecule has 1 amide bonds. The van der Waals surface area contributed by atoms with Crippen molar-refractivity contribution in [2.75, 3.05) is 13.1 Å². The Kier molecular flexibility index (Phi) is 4.77. The van der Waals surface area contributed by atoms with Gasteiger partial charge in [-0.3, -0.25) is 4.79 Å². The molecule has 1 aliphatic rings. The van der Waals surface area contributed by atoms with Crippen LogP contribution in [0.5, 0.6) is 0 Å². The van der Waals surface area contributed by atoms with Crippen LogP contribution >= 0.6 is 0 Å². The largest absolute Gasteiger partial charge is 0.444 e. The van der Waals surface area contributed by atoms with Crippen LogP contribution in [0.3, 0.4) is 0 Å². The van der Waals surface area contributed by atoms with Gasteiger partial charge < -0.3 is 9.64 Å². The second kappa shape index (κ2) is 5.90. The van der Waals surface area contributed by atoms with E-state index < -0.39 is 5.60 Å².